The molecule has 2 N–H and O–H groups in total. The SMILES string of the molecule is CC(C)Cc1nc(CCC(F)(F)F)sc1CN. The van der Waals surface area contributed by atoms with Crippen molar-refractivity contribution in [3.8, 4) is 0 Å². The Balaban J connectivity index is 2.71. The van der Waals surface area contributed by atoms with E-state index in [1.54, 1.807) is 0 Å². The molecule has 1 heterocycles. The number of hydrogen-bond donors (Lipinski definition) is 1. The number of halogens is 3. The van der Waals surface area contributed by atoms with Gasteiger partial charge >= 0.3 is 6.18 Å². The summed E-state index contributed by atoms with van der Waals surface area (Å²) in [5.74, 6) is 0.429. The molecule has 0 aromatic carbocycles. The van der Waals surface area contributed by atoms with E-state index in [1.165, 1.54) is 11.3 Å². The molecule has 0 saturated heterocycles. The Labute approximate surface area is 103 Å². The third-order valence-corrected chi connectivity index (χ3v) is 3.41. The summed E-state index contributed by atoms with van der Waals surface area (Å²) in [5.41, 5.74) is 6.44. The van der Waals surface area contributed by atoms with Gasteiger partial charge in [0.05, 0.1) is 10.7 Å². The quantitative estimate of drug-likeness (QED) is 0.888. The van der Waals surface area contributed by atoms with E-state index in [2.05, 4.69) is 18.8 Å². The molecule has 0 atom stereocenters. The lowest BCUT2D eigenvalue weighted by atomic mass is 10.1. The maximum atomic E-state index is 12.1. The predicted octanol–water partition coefficient (Wildman–Crippen LogP) is 3.30. The molecular formula is C11H17F3N2S. The molecule has 6 heteroatoms. The van der Waals surface area contributed by atoms with Gasteiger partial charge in [-0.15, -0.1) is 11.3 Å². The number of aryl methyl sites for hydroxylation is 1. The van der Waals surface area contributed by atoms with Crippen LogP contribution in [0.4, 0.5) is 13.2 Å². The number of nitrogens with zero attached hydrogens (tertiary/aromatic N) is 1. The zero-order valence-corrected chi connectivity index (χ0v) is 10.8. The van der Waals surface area contributed by atoms with Crippen molar-refractivity contribution in [2.45, 2.75) is 45.8 Å². The fourth-order valence-electron chi connectivity index (χ4n) is 1.50. The van der Waals surface area contributed by atoms with Crippen LogP contribution in [-0.2, 0) is 19.4 Å². The summed E-state index contributed by atoms with van der Waals surface area (Å²) in [6, 6.07) is 0. The largest absolute Gasteiger partial charge is 0.389 e. The van der Waals surface area contributed by atoms with Gasteiger partial charge in [-0.25, -0.2) is 4.98 Å². The van der Waals surface area contributed by atoms with E-state index in [1.807, 2.05) is 0 Å². The van der Waals surface area contributed by atoms with E-state index >= 15 is 0 Å². The van der Waals surface area contributed by atoms with Crippen molar-refractivity contribution in [3.63, 3.8) is 0 Å². The Morgan fingerprint density at radius 3 is 2.47 bits per heavy atom. The number of thiazole rings is 1. The second-order valence-corrected chi connectivity index (χ2v) is 5.56. The van der Waals surface area contributed by atoms with Gasteiger partial charge in [0.25, 0.3) is 0 Å². The smallest absolute Gasteiger partial charge is 0.326 e. The molecule has 0 spiro atoms. The maximum Gasteiger partial charge on any atom is 0.389 e. The Morgan fingerprint density at radius 1 is 1.35 bits per heavy atom. The molecule has 0 bridgehead atoms. The zero-order chi connectivity index (χ0) is 13.1. The molecule has 0 saturated carbocycles. The number of nitrogens with two attached hydrogens (primary N) is 1. The van der Waals surface area contributed by atoms with E-state index in [4.69, 9.17) is 5.73 Å². The highest BCUT2D eigenvalue weighted by atomic mass is 32.1. The third kappa shape index (κ3) is 5.04. The molecular weight excluding hydrogens is 249 g/mol. The standard InChI is InChI=1S/C11H17F3N2S/c1-7(2)5-8-9(6-15)17-10(16-8)3-4-11(12,13)14/h7H,3-6,15H2,1-2H3. The molecule has 0 radical (unpaired) electrons. The van der Waals surface area contributed by atoms with Gasteiger partial charge in [-0.05, 0) is 12.3 Å². The summed E-state index contributed by atoms with van der Waals surface area (Å²) < 4.78 is 36.3. The van der Waals surface area contributed by atoms with Crippen LogP contribution < -0.4 is 5.73 Å². The van der Waals surface area contributed by atoms with Gasteiger partial charge in [-0.1, -0.05) is 13.8 Å². The molecule has 0 fully saturated rings. The summed E-state index contributed by atoms with van der Waals surface area (Å²) in [4.78, 5) is 5.18. The van der Waals surface area contributed by atoms with Gasteiger partial charge in [0.15, 0.2) is 0 Å². The maximum absolute atomic E-state index is 12.1. The summed E-state index contributed by atoms with van der Waals surface area (Å²) in [6.45, 7) is 4.45. The van der Waals surface area contributed by atoms with Crippen LogP contribution in [0.1, 0.15) is 35.8 Å². The van der Waals surface area contributed by atoms with Crippen LogP contribution in [0.3, 0.4) is 0 Å². The monoisotopic (exact) mass is 266 g/mol. The molecule has 1 aromatic heterocycles. The second-order valence-electron chi connectivity index (χ2n) is 4.39. The predicted molar refractivity (Wildman–Crippen MR) is 62.9 cm³/mol. The second kappa shape index (κ2) is 5.82. The highest BCUT2D eigenvalue weighted by Crippen LogP contribution is 2.26. The minimum atomic E-state index is -4.12. The van der Waals surface area contributed by atoms with Gasteiger partial charge in [0.2, 0.25) is 0 Å². The fraction of sp³-hybridized carbons (Fsp3) is 0.727. The average molecular weight is 266 g/mol. The van der Waals surface area contributed by atoms with Crippen LogP contribution in [0.15, 0.2) is 0 Å². The molecule has 0 aliphatic rings. The summed E-state index contributed by atoms with van der Waals surface area (Å²) in [7, 11) is 0. The van der Waals surface area contributed by atoms with E-state index in [0.717, 1.165) is 17.0 Å². The van der Waals surface area contributed by atoms with Gasteiger partial charge < -0.3 is 5.73 Å². The Bertz CT molecular complexity index is 358. The van der Waals surface area contributed by atoms with Gasteiger partial charge in [0.1, 0.15) is 0 Å². The van der Waals surface area contributed by atoms with Crippen LogP contribution in [0.5, 0.6) is 0 Å². The first kappa shape index (κ1) is 14.4. The summed E-state index contributed by atoms with van der Waals surface area (Å²) in [5, 5.41) is 0.540. The zero-order valence-electron chi connectivity index (χ0n) is 9.97. The summed E-state index contributed by atoms with van der Waals surface area (Å²) in [6.07, 6.45) is -4.20. The molecule has 0 unspecified atom stereocenters. The first-order valence-electron chi connectivity index (χ1n) is 5.56. The molecule has 1 rings (SSSR count). The third-order valence-electron chi connectivity index (χ3n) is 2.23. The Kier molecular flexibility index (Phi) is 4.94. The number of alkyl halides is 3. The normalized spacial score (nSPS) is 12.4. The van der Waals surface area contributed by atoms with Crippen molar-refractivity contribution in [1.29, 1.82) is 0 Å². The number of aromatic nitrogens is 1. The highest BCUT2D eigenvalue weighted by Gasteiger charge is 2.27. The van der Waals surface area contributed by atoms with Crippen molar-refractivity contribution >= 4 is 11.3 Å². The Morgan fingerprint density at radius 2 is 2.00 bits per heavy atom. The van der Waals surface area contributed by atoms with Gasteiger partial charge in [-0.2, -0.15) is 13.2 Å². The van der Waals surface area contributed by atoms with E-state index in [9.17, 15) is 13.2 Å². The van der Waals surface area contributed by atoms with Crippen LogP contribution in [0.2, 0.25) is 0 Å². The Hall–Kier alpha value is -0.620. The number of rotatable bonds is 5. The molecule has 0 aliphatic carbocycles. The van der Waals surface area contributed by atoms with Crippen LogP contribution in [-0.4, -0.2) is 11.2 Å². The van der Waals surface area contributed by atoms with Crippen LogP contribution >= 0.6 is 11.3 Å². The first-order chi connectivity index (χ1) is 7.81. The van der Waals surface area contributed by atoms with E-state index in [0.29, 0.717) is 17.5 Å². The molecule has 0 aliphatic heterocycles. The van der Waals surface area contributed by atoms with E-state index < -0.39 is 12.6 Å². The van der Waals surface area contributed by atoms with Gasteiger partial charge in [-0.3, -0.25) is 0 Å². The van der Waals surface area contributed by atoms with E-state index in [-0.39, 0.29) is 6.42 Å². The minimum Gasteiger partial charge on any atom is -0.326 e. The van der Waals surface area contributed by atoms with Crippen LogP contribution in [0, 0.1) is 5.92 Å². The topological polar surface area (TPSA) is 38.9 Å². The molecule has 98 valence electrons. The molecule has 17 heavy (non-hydrogen) atoms. The van der Waals surface area contributed by atoms with Crippen molar-refractivity contribution in [2.24, 2.45) is 11.7 Å². The van der Waals surface area contributed by atoms with Crippen LogP contribution in [0.25, 0.3) is 0 Å². The van der Waals surface area contributed by atoms with Gasteiger partial charge in [0, 0.05) is 24.3 Å². The van der Waals surface area contributed by atoms with Crippen molar-refractivity contribution in [1.82, 2.24) is 4.98 Å². The molecule has 1 aromatic rings. The lowest BCUT2D eigenvalue weighted by Gasteiger charge is -2.03. The number of hydrogen-bond acceptors (Lipinski definition) is 3. The lowest BCUT2D eigenvalue weighted by molar-refractivity contribution is -0.134. The minimum absolute atomic E-state index is 0.0424. The van der Waals surface area contributed by atoms with Crippen molar-refractivity contribution in [2.75, 3.05) is 0 Å². The average Bonchev–Trinajstić information content (AvgIpc) is 2.55. The highest BCUT2D eigenvalue weighted by molar-refractivity contribution is 7.11. The van der Waals surface area contributed by atoms with Crippen molar-refractivity contribution in [3.05, 3.63) is 15.6 Å². The molecule has 2 nitrogen and oxygen atoms in total. The van der Waals surface area contributed by atoms with Crippen molar-refractivity contribution < 1.29 is 13.2 Å². The first-order valence-corrected chi connectivity index (χ1v) is 6.37. The summed E-state index contributed by atoms with van der Waals surface area (Å²) >= 11 is 1.31. The fourth-order valence-corrected chi connectivity index (χ4v) is 2.47. The lowest BCUT2D eigenvalue weighted by Crippen LogP contribution is -2.08. The molecule has 0 amide bonds.